The first-order chi connectivity index (χ1) is 6.29. The van der Waals surface area contributed by atoms with Crippen molar-refractivity contribution >= 4 is 52.4 Å². The molecule has 0 spiro atoms. The van der Waals surface area contributed by atoms with Gasteiger partial charge < -0.3 is 9.47 Å². The van der Waals surface area contributed by atoms with Crippen LogP contribution >= 0.6 is 46.4 Å². The van der Waals surface area contributed by atoms with E-state index >= 15 is 0 Å². The zero-order valence-electron chi connectivity index (χ0n) is 7.18. The number of hydrogen-bond donors (Lipinski definition) is 0. The van der Waals surface area contributed by atoms with Gasteiger partial charge in [0.05, 0.1) is 0 Å². The van der Waals surface area contributed by atoms with Gasteiger partial charge in [0.25, 0.3) is 4.52 Å². The molecule has 0 bridgehead atoms. The minimum absolute atomic E-state index is 0.665. The summed E-state index contributed by atoms with van der Waals surface area (Å²) in [5.41, 5.74) is 0. The first-order valence-electron chi connectivity index (χ1n) is 3.46. The third-order valence-corrected chi connectivity index (χ3v) is 2.70. The lowest BCUT2D eigenvalue weighted by atomic mass is 10.6. The Morgan fingerprint density at radius 3 is 2.36 bits per heavy atom. The predicted octanol–water partition coefficient (Wildman–Crippen LogP) is 3.01. The average molecular weight is 282 g/mol. The zero-order valence-corrected chi connectivity index (χ0v) is 10.2. The number of carbonyl (C=O) groups excluding carboxylic acids is 1. The van der Waals surface area contributed by atoms with E-state index in [1.165, 1.54) is 6.92 Å². The zero-order chi connectivity index (χ0) is 11.4. The third-order valence-electron chi connectivity index (χ3n) is 1.03. The number of halogens is 4. The van der Waals surface area contributed by atoms with E-state index in [1.54, 1.807) is 0 Å². The molecule has 3 nitrogen and oxygen atoms in total. The summed E-state index contributed by atoms with van der Waals surface area (Å²) in [7, 11) is 0. The molecule has 0 aliphatic heterocycles. The predicted molar refractivity (Wildman–Crippen MR) is 56.8 cm³/mol. The number of hydrogen-bond acceptors (Lipinski definition) is 3. The fraction of sp³-hybridized carbons (Fsp3) is 0.571. The summed E-state index contributed by atoms with van der Waals surface area (Å²) < 4.78 is 7.64. The summed E-state index contributed by atoms with van der Waals surface area (Å²) in [6.07, 6.45) is -0.00131. The van der Waals surface area contributed by atoms with Crippen LogP contribution in [0.5, 0.6) is 0 Å². The monoisotopic (exact) mass is 280 g/mol. The molecule has 0 radical (unpaired) electrons. The first kappa shape index (κ1) is 14.3. The van der Waals surface area contributed by atoms with E-state index in [-0.39, 0.29) is 0 Å². The van der Waals surface area contributed by atoms with E-state index in [1.807, 2.05) is 0 Å². The molecule has 0 amide bonds. The van der Waals surface area contributed by atoms with Crippen LogP contribution in [0.25, 0.3) is 0 Å². The topological polar surface area (TPSA) is 35.5 Å². The highest BCUT2D eigenvalue weighted by atomic mass is 35.5. The third kappa shape index (κ3) is 5.27. The molecule has 1 atom stereocenters. The number of ether oxygens (including phenoxy) is 2. The molecule has 7 heteroatoms. The van der Waals surface area contributed by atoms with Gasteiger partial charge in [0.15, 0.2) is 4.84 Å². The SMILES string of the molecule is C=CC(=O)OC(C)OC(Cl)(Cl)C(Cl)Cl. The maximum absolute atomic E-state index is 10.7. The lowest BCUT2D eigenvalue weighted by Gasteiger charge is -2.24. The maximum atomic E-state index is 10.7. The van der Waals surface area contributed by atoms with Crippen LogP contribution in [-0.2, 0) is 14.3 Å². The van der Waals surface area contributed by atoms with Crippen molar-refractivity contribution in [3.05, 3.63) is 12.7 Å². The van der Waals surface area contributed by atoms with Gasteiger partial charge in [-0.15, -0.1) is 0 Å². The molecule has 0 aromatic carbocycles. The minimum Gasteiger partial charge on any atom is -0.433 e. The van der Waals surface area contributed by atoms with E-state index < -0.39 is 21.6 Å². The molecule has 0 fully saturated rings. The number of alkyl halides is 4. The molecule has 82 valence electrons. The van der Waals surface area contributed by atoms with Crippen LogP contribution in [-0.4, -0.2) is 21.6 Å². The molecule has 0 aromatic heterocycles. The summed E-state index contributed by atoms with van der Waals surface area (Å²) in [6, 6.07) is 0. The molecule has 14 heavy (non-hydrogen) atoms. The standard InChI is InChI=1S/C7H8Cl4O3/c1-3-5(12)13-4(2)14-7(10,11)6(8)9/h3-4,6H,1H2,2H3. The Morgan fingerprint density at radius 1 is 1.50 bits per heavy atom. The van der Waals surface area contributed by atoms with Gasteiger partial charge >= 0.3 is 5.97 Å². The van der Waals surface area contributed by atoms with Gasteiger partial charge in [-0.25, -0.2) is 4.79 Å². The summed E-state index contributed by atoms with van der Waals surface area (Å²) in [5, 5.41) is 0. The van der Waals surface area contributed by atoms with Gasteiger partial charge in [0, 0.05) is 6.08 Å². The Hall–Kier alpha value is 0.330. The van der Waals surface area contributed by atoms with E-state index in [2.05, 4.69) is 11.3 Å². The van der Waals surface area contributed by atoms with Crippen LogP contribution in [0.4, 0.5) is 0 Å². The highest BCUT2D eigenvalue weighted by Crippen LogP contribution is 2.34. The lowest BCUT2D eigenvalue weighted by Crippen LogP contribution is -2.32. The average Bonchev–Trinajstić information content (AvgIpc) is 2.02. The molecule has 0 aliphatic rings. The van der Waals surface area contributed by atoms with Crippen LogP contribution in [0.2, 0.25) is 0 Å². The van der Waals surface area contributed by atoms with Crippen molar-refractivity contribution in [1.29, 1.82) is 0 Å². The van der Waals surface area contributed by atoms with E-state index in [9.17, 15) is 4.79 Å². The van der Waals surface area contributed by atoms with Crippen LogP contribution in [0.3, 0.4) is 0 Å². The Kier molecular flexibility index (Phi) is 6.17. The Bertz CT molecular complexity index is 217. The molecule has 1 unspecified atom stereocenters. The Labute approximate surface area is 102 Å². The molecule has 0 N–H and O–H groups in total. The first-order valence-corrected chi connectivity index (χ1v) is 5.09. The van der Waals surface area contributed by atoms with Crippen molar-refractivity contribution in [2.75, 3.05) is 0 Å². The van der Waals surface area contributed by atoms with Crippen molar-refractivity contribution in [3.63, 3.8) is 0 Å². The van der Waals surface area contributed by atoms with Crippen LogP contribution in [0.15, 0.2) is 12.7 Å². The molecule has 0 saturated heterocycles. The highest BCUT2D eigenvalue weighted by Gasteiger charge is 2.36. The summed E-state index contributed by atoms with van der Waals surface area (Å²) >= 11 is 21.9. The van der Waals surface area contributed by atoms with Crippen molar-refractivity contribution in [1.82, 2.24) is 0 Å². The van der Waals surface area contributed by atoms with E-state index in [0.29, 0.717) is 0 Å². The highest BCUT2D eigenvalue weighted by molar-refractivity contribution is 6.58. The largest absolute Gasteiger partial charge is 0.433 e. The van der Waals surface area contributed by atoms with Gasteiger partial charge in [-0.1, -0.05) is 53.0 Å². The van der Waals surface area contributed by atoms with Crippen LogP contribution in [0.1, 0.15) is 6.92 Å². The van der Waals surface area contributed by atoms with Crippen molar-refractivity contribution < 1.29 is 14.3 Å². The quantitative estimate of drug-likeness (QED) is 0.336. The second-order valence-corrected chi connectivity index (χ2v) is 4.60. The molecular weight excluding hydrogens is 274 g/mol. The van der Waals surface area contributed by atoms with Gasteiger partial charge in [0.2, 0.25) is 6.29 Å². The molecular formula is C7H8Cl4O3. The minimum atomic E-state index is -1.83. The molecule has 0 saturated carbocycles. The number of esters is 1. The number of rotatable bonds is 5. The van der Waals surface area contributed by atoms with Gasteiger partial charge in [0.1, 0.15) is 0 Å². The summed E-state index contributed by atoms with van der Waals surface area (Å²) in [5.74, 6) is -0.665. The van der Waals surface area contributed by atoms with Crippen molar-refractivity contribution in [2.45, 2.75) is 22.6 Å². The van der Waals surface area contributed by atoms with Crippen molar-refractivity contribution in [3.8, 4) is 0 Å². The smallest absolute Gasteiger partial charge is 0.332 e. The van der Waals surface area contributed by atoms with Crippen LogP contribution in [0, 0.1) is 0 Å². The van der Waals surface area contributed by atoms with Crippen LogP contribution < -0.4 is 0 Å². The molecule has 0 heterocycles. The van der Waals surface area contributed by atoms with Crippen molar-refractivity contribution in [2.24, 2.45) is 0 Å². The summed E-state index contributed by atoms with van der Waals surface area (Å²) in [4.78, 5) is 9.53. The fourth-order valence-corrected chi connectivity index (χ4v) is 0.862. The molecule has 0 rings (SSSR count). The van der Waals surface area contributed by atoms with E-state index in [0.717, 1.165) is 6.08 Å². The second-order valence-electron chi connectivity index (χ2n) is 2.19. The Balaban J connectivity index is 4.11. The number of carbonyl (C=O) groups is 1. The molecule has 0 aliphatic carbocycles. The lowest BCUT2D eigenvalue weighted by molar-refractivity contribution is -0.175. The van der Waals surface area contributed by atoms with Gasteiger partial charge in [-0.05, 0) is 6.92 Å². The summed E-state index contributed by atoms with van der Waals surface area (Å²) in [6.45, 7) is 4.61. The fourth-order valence-electron chi connectivity index (χ4n) is 0.508. The van der Waals surface area contributed by atoms with Gasteiger partial charge in [-0.2, -0.15) is 0 Å². The maximum Gasteiger partial charge on any atom is 0.332 e. The Morgan fingerprint density at radius 2 is 2.00 bits per heavy atom. The van der Waals surface area contributed by atoms with E-state index in [4.69, 9.17) is 51.1 Å². The second kappa shape index (κ2) is 6.03. The molecule has 0 aromatic rings. The van der Waals surface area contributed by atoms with Gasteiger partial charge in [-0.3, -0.25) is 0 Å². The normalized spacial score (nSPS) is 13.9.